The quantitative estimate of drug-likeness (QED) is 0.919. The Balaban J connectivity index is 2.77. The van der Waals surface area contributed by atoms with E-state index < -0.39 is 25.0 Å². The summed E-state index contributed by atoms with van der Waals surface area (Å²) in [5.74, 6) is -0.653. The molecule has 0 spiro atoms. The maximum Gasteiger partial charge on any atom is 0.390 e. The van der Waals surface area contributed by atoms with Gasteiger partial charge >= 0.3 is 6.18 Å². The maximum absolute atomic E-state index is 12.1. The lowest BCUT2D eigenvalue weighted by Crippen LogP contribution is -2.30. The van der Waals surface area contributed by atoms with Crippen molar-refractivity contribution in [2.45, 2.75) is 12.6 Å². The van der Waals surface area contributed by atoms with Crippen LogP contribution in [0.5, 0.6) is 11.5 Å². The number of rotatable bonds is 4. The van der Waals surface area contributed by atoms with Crippen molar-refractivity contribution in [1.29, 1.82) is 0 Å². The number of aromatic hydroxyl groups is 1. The molecule has 1 aromatic rings. The maximum atomic E-state index is 12.1. The molecule has 0 aliphatic heterocycles. The van der Waals surface area contributed by atoms with Crippen molar-refractivity contribution >= 4 is 5.91 Å². The van der Waals surface area contributed by atoms with Gasteiger partial charge in [-0.1, -0.05) is 0 Å². The summed E-state index contributed by atoms with van der Waals surface area (Å²) in [6.07, 6.45) is -5.41. The van der Waals surface area contributed by atoms with Crippen LogP contribution in [-0.2, 0) is 0 Å². The molecule has 0 unspecified atom stereocenters. The number of carbonyl (C=O) groups is 1. The summed E-state index contributed by atoms with van der Waals surface area (Å²) in [4.78, 5) is 12.8. The minimum absolute atomic E-state index is 0.0644. The third-order valence-electron chi connectivity index (χ3n) is 2.51. The molecule has 0 atom stereocenters. The molecule has 7 heteroatoms. The molecule has 0 aromatic heterocycles. The number of phenols is 1. The van der Waals surface area contributed by atoms with E-state index in [0.717, 1.165) is 4.90 Å². The second kappa shape index (κ2) is 5.81. The monoisotopic (exact) mass is 277 g/mol. The molecule has 1 rings (SSSR count). The molecular weight excluding hydrogens is 263 g/mol. The predicted octanol–water partition coefficient (Wildman–Crippen LogP) is 2.43. The number of alkyl halides is 3. The molecule has 0 saturated carbocycles. The van der Waals surface area contributed by atoms with Crippen molar-refractivity contribution in [3.63, 3.8) is 0 Å². The van der Waals surface area contributed by atoms with Crippen LogP contribution in [0.15, 0.2) is 18.2 Å². The number of amides is 1. The van der Waals surface area contributed by atoms with Crippen molar-refractivity contribution in [2.75, 3.05) is 20.7 Å². The standard InChI is InChI=1S/C12H14F3NO3/c1-16(6-5-12(13,14)15)11(18)9-4-3-8(19-2)7-10(9)17/h3-4,7,17H,5-6H2,1-2H3. The number of nitrogens with zero attached hydrogens (tertiary/aromatic N) is 1. The topological polar surface area (TPSA) is 49.8 Å². The number of phenolic OH excluding ortho intramolecular Hbond substituents is 1. The first-order valence-electron chi connectivity index (χ1n) is 5.44. The zero-order valence-electron chi connectivity index (χ0n) is 10.5. The summed E-state index contributed by atoms with van der Waals surface area (Å²) < 4.78 is 41.0. The Morgan fingerprint density at radius 1 is 1.42 bits per heavy atom. The van der Waals surface area contributed by atoms with E-state index in [-0.39, 0.29) is 11.3 Å². The summed E-state index contributed by atoms with van der Waals surface area (Å²) in [6, 6.07) is 3.98. The third kappa shape index (κ3) is 4.35. The van der Waals surface area contributed by atoms with Crippen LogP contribution < -0.4 is 4.74 Å². The van der Waals surface area contributed by atoms with Gasteiger partial charge < -0.3 is 14.7 Å². The number of hydrogen-bond acceptors (Lipinski definition) is 3. The van der Waals surface area contributed by atoms with Gasteiger partial charge in [-0.2, -0.15) is 13.2 Å². The summed E-state index contributed by atoms with van der Waals surface area (Å²) in [5.41, 5.74) is -0.0644. The Hall–Kier alpha value is -1.92. The SMILES string of the molecule is COc1ccc(C(=O)N(C)CCC(F)(F)F)c(O)c1. The van der Waals surface area contributed by atoms with E-state index in [1.54, 1.807) is 0 Å². The smallest absolute Gasteiger partial charge is 0.390 e. The van der Waals surface area contributed by atoms with E-state index in [1.807, 2.05) is 0 Å². The first kappa shape index (κ1) is 15.1. The molecule has 106 valence electrons. The molecule has 0 aliphatic rings. The Morgan fingerprint density at radius 3 is 2.53 bits per heavy atom. The Bertz CT molecular complexity index is 460. The van der Waals surface area contributed by atoms with Gasteiger partial charge in [-0.15, -0.1) is 0 Å². The van der Waals surface area contributed by atoms with Crippen molar-refractivity contribution in [1.82, 2.24) is 4.90 Å². The molecule has 0 bridgehead atoms. The molecular formula is C12H14F3NO3. The number of benzene rings is 1. The highest BCUT2D eigenvalue weighted by Gasteiger charge is 2.28. The van der Waals surface area contributed by atoms with Crippen molar-refractivity contribution in [3.8, 4) is 11.5 Å². The second-order valence-electron chi connectivity index (χ2n) is 3.97. The number of carbonyl (C=O) groups excluding carboxylic acids is 1. The molecule has 19 heavy (non-hydrogen) atoms. The van der Waals surface area contributed by atoms with Crippen molar-refractivity contribution < 1.29 is 27.8 Å². The van der Waals surface area contributed by atoms with Crippen LogP contribution in [0.2, 0.25) is 0 Å². The van der Waals surface area contributed by atoms with E-state index in [0.29, 0.717) is 5.75 Å². The number of hydrogen-bond donors (Lipinski definition) is 1. The fraction of sp³-hybridized carbons (Fsp3) is 0.417. The molecule has 1 amide bonds. The Kier molecular flexibility index (Phi) is 4.63. The fourth-order valence-electron chi connectivity index (χ4n) is 1.42. The van der Waals surface area contributed by atoms with Crippen LogP contribution in [0.25, 0.3) is 0 Å². The number of methoxy groups -OCH3 is 1. The van der Waals surface area contributed by atoms with Crippen molar-refractivity contribution in [3.05, 3.63) is 23.8 Å². The first-order valence-corrected chi connectivity index (χ1v) is 5.44. The highest BCUT2D eigenvalue weighted by Crippen LogP contribution is 2.25. The summed E-state index contributed by atoms with van der Waals surface area (Å²) in [7, 11) is 2.64. The normalized spacial score (nSPS) is 11.2. The van der Waals surface area contributed by atoms with Gasteiger partial charge in [-0.3, -0.25) is 4.79 Å². The van der Waals surface area contributed by atoms with Crippen LogP contribution in [-0.4, -0.2) is 42.8 Å². The van der Waals surface area contributed by atoms with Gasteiger partial charge in [0.2, 0.25) is 0 Å². The van der Waals surface area contributed by atoms with Gasteiger partial charge in [-0.05, 0) is 12.1 Å². The average Bonchev–Trinajstić information content (AvgIpc) is 2.34. The summed E-state index contributed by atoms with van der Waals surface area (Å²) in [5, 5.41) is 9.62. The van der Waals surface area contributed by atoms with Crippen LogP contribution in [0.3, 0.4) is 0 Å². The van der Waals surface area contributed by atoms with E-state index in [2.05, 4.69) is 0 Å². The molecule has 0 aliphatic carbocycles. The molecule has 0 fully saturated rings. The van der Waals surface area contributed by atoms with E-state index in [9.17, 15) is 23.1 Å². The minimum Gasteiger partial charge on any atom is -0.507 e. The van der Waals surface area contributed by atoms with Gasteiger partial charge in [0.1, 0.15) is 11.5 Å². The summed E-state index contributed by atoms with van der Waals surface area (Å²) >= 11 is 0. The van der Waals surface area contributed by atoms with Gasteiger partial charge in [0.05, 0.1) is 19.1 Å². The third-order valence-corrected chi connectivity index (χ3v) is 2.51. The largest absolute Gasteiger partial charge is 0.507 e. The fourth-order valence-corrected chi connectivity index (χ4v) is 1.42. The first-order chi connectivity index (χ1) is 8.74. The van der Waals surface area contributed by atoms with Crippen LogP contribution in [0.1, 0.15) is 16.8 Å². The molecule has 1 aromatic carbocycles. The summed E-state index contributed by atoms with van der Waals surface area (Å²) in [6.45, 7) is -0.464. The van der Waals surface area contributed by atoms with Crippen LogP contribution in [0, 0.1) is 0 Å². The highest BCUT2D eigenvalue weighted by molar-refractivity contribution is 5.96. The van der Waals surface area contributed by atoms with Gasteiger partial charge in [0, 0.05) is 19.7 Å². The molecule has 0 heterocycles. The molecule has 0 saturated heterocycles. The zero-order chi connectivity index (χ0) is 14.6. The molecule has 1 N–H and O–H groups in total. The van der Waals surface area contributed by atoms with E-state index in [4.69, 9.17) is 4.74 Å². The lowest BCUT2D eigenvalue weighted by Gasteiger charge is -2.18. The van der Waals surface area contributed by atoms with E-state index >= 15 is 0 Å². The van der Waals surface area contributed by atoms with Gasteiger partial charge in [-0.25, -0.2) is 0 Å². The number of halogens is 3. The van der Waals surface area contributed by atoms with Gasteiger partial charge in [0.15, 0.2) is 0 Å². The minimum atomic E-state index is -4.32. The van der Waals surface area contributed by atoms with Crippen LogP contribution in [0.4, 0.5) is 13.2 Å². The second-order valence-corrected chi connectivity index (χ2v) is 3.97. The van der Waals surface area contributed by atoms with E-state index in [1.165, 1.54) is 32.4 Å². The molecule has 0 radical (unpaired) electrons. The highest BCUT2D eigenvalue weighted by atomic mass is 19.4. The Morgan fingerprint density at radius 2 is 2.05 bits per heavy atom. The van der Waals surface area contributed by atoms with Crippen molar-refractivity contribution in [2.24, 2.45) is 0 Å². The lowest BCUT2D eigenvalue weighted by atomic mass is 10.1. The predicted molar refractivity (Wildman–Crippen MR) is 62.3 cm³/mol. The Labute approximate surface area is 108 Å². The van der Waals surface area contributed by atoms with Crippen LogP contribution >= 0.6 is 0 Å². The number of ether oxygens (including phenoxy) is 1. The average molecular weight is 277 g/mol. The molecule has 4 nitrogen and oxygen atoms in total. The lowest BCUT2D eigenvalue weighted by molar-refractivity contribution is -0.136. The van der Waals surface area contributed by atoms with Gasteiger partial charge in [0.25, 0.3) is 5.91 Å². The zero-order valence-corrected chi connectivity index (χ0v) is 10.5.